The van der Waals surface area contributed by atoms with Crippen molar-refractivity contribution in [1.82, 2.24) is 4.98 Å². The second-order valence-corrected chi connectivity index (χ2v) is 8.20. The first-order chi connectivity index (χ1) is 11.5. The topological polar surface area (TPSA) is 16.1 Å². The Hall–Kier alpha value is -2.13. The van der Waals surface area contributed by atoms with Gasteiger partial charge < -0.3 is 4.90 Å². The van der Waals surface area contributed by atoms with Crippen LogP contribution in [0.1, 0.15) is 36.9 Å². The van der Waals surface area contributed by atoms with Crippen LogP contribution in [0.5, 0.6) is 0 Å². The highest BCUT2D eigenvalue weighted by Gasteiger charge is 2.39. The van der Waals surface area contributed by atoms with E-state index in [1.54, 1.807) is 11.3 Å². The minimum Gasteiger partial charge on any atom is -0.371 e. The van der Waals surface area contributed by atoms with E-state index in [4.69, 9.17) is 0 Å². The summed E-state index contributed by atoms with van der Waals surface area (Å²) in [5.74, 6) is 0. The fraction of sp³-hybridized carbons (Fsp3) is 0.286. The zero-order chi connectivity index (χ0) is 16.9. The predicted octanol–water partition coefficient (Wildman–Crippen LogP) is 5.58. The molecule has 0 bridgehead atoms. The predicted molar refractivity (Wildman–Crippen MR) is 106 cm³/mol. The van der Waals surface area contributed by atoms with E-state index >= 15 is 0 Å². The quantitative estimate of drug-likeness (QED) is 0.608. The van der Waals surface area contributed by atoms with Gasteiger partial charge in [-0.1, -0.05) is 38.1 Å². The van der Waals surface area contributed by atoms with E-state index in [2.05, 4.69) is 86.3 Å². The monoisotopic (exact) mass is 334 g/mol. The molecule has 0 fully saturated rings. The molecule has 3 heteroatoms. The Morgan fingerprint density at radius 3 is 2.71 bits per heavy atom. The van der Waals surface area contributed by atoms with Gasteiger partial charge >= 0.3 is 0 Å². The molecule has 0 aliphatic carbocycles. The number of para-hydroxylation sites is 1. The van der Waals surface area contributed by atoms with E-state index in [0.29, 0.717) is 6.04 Å². The molecule has 2 heterocycles. The number of hydrogen-bond donors (Lipinski definition) is 0. The summed E-state index contributed by atoms with van der Waals surface area (Å²) in [5, 5.41) is 1.06. The largest absolute Gasteiger partial charge is 0.371 e. The summed E-state index contributed by atoms with van der Waals surface area (Å²) in [6.07, 6.45) is 4.30. The third kappa shape index (κ3) is 2.35. The Kier molecular flexibility index (Phi) is 3.50. The van der Waals surface area contributed by atoms with Crippen molar-refractivity contribution in [3.05, 3.63) is 58.6 Å². The molecule has 0 radical (unpaired) electrons. The standard InChI is InChI=1S/C21H22N2S/c1-14-21(2,3)16-13-15(9-11-18(16)23(14)4)10-12-20-22-17-7-5-6-8-19(17)24-20/h5-14H,1-4H3. The van der Waals surface area contributed by atoms with Crippen LogP contribution in [0.15, 0.2) is 42.5 Å². The maximum absolute atomic E-state index is 4.68. The summed E-state index contributed by atoms with van der Waals surface area (Å²) in [6.45, 7) is 6.97. The SMILES string of the molecule is CC1N(C)c2ccc(C=Cc3nc4ccccc4s3)cc2C1(C)C. The fourth-order valence-electron chi connectivity index (χ4n) is 3.53. The van der Waals surface area contributed by atoms with Crippen molar-refractivity contribution in [3.8, 4) is 0 Å². The zero-order valence-electron chi connectivity index (χ0n) is 14.6. The number of thiazole rings is 1. The molecule has 1 atom stereocenters. The van der Waals surface area contributed by atoms with Gasteiger partial charge in [0.2, 0.25) is 0 Å². The first-order valence-electron chi connectivity index (χ1n) is 8.38. The molecule has 3 aromatic rings. The zero-order valence-corrected chi connectivity index (χ0v) is 15.4. The molecule has 0 saturated carbocycles. The van der Waals surface area contributed by atoms with Crippen molar-refractivity contribution in [3.63, 3.8) is 0 Å². The number of nitrogens with zero attached hydrogens (tertiary/aromatic N) is 2. The van der Waals surface area contributed by atoms with Gasteiger partial charge in [-0.15, -0.1) is 11.3 Å². The molecule has 1 aliphatic heterocycles. The van der Waals surface area contributed by atoms with Gasteiger partial charge in [-0.25, -0.2) is 4.98 Å². The van der Waals surface area contributed by atoms with Gasteiger partial charge in [0.1, 0.15) is 5.01 Å². The summed E-state index contributed by atoms with van der Waals surface area (Å²) in [5.41, 5.74) is 5.27. The highest BCUT2D eigenvalue weighted by Crippen LogP contribution is 2.44. The minimum absolute atomic E-state index is 0.170. The van der Waals surface area contributed by atoms with Crippen LogP contribution < -0.4 is 4.90 Å². The van der Waals surface area contributed by atoms with Gasteiger partial charge in [0.25, 0.3) is 0 Å². The average molecular weight is 334 g/mol. The van der Waals surface area contributed by atoms with Crippen LogP contribution in [0.4, 0.5) is 5.69 Å². The lowest BCUT2D eigenvalue weighted by Crippen LogP contribution is -2.36. The lowest BCUT2D eigenvalue weighted by Gasteiger charge is -2.28. The van der Waals surface area contributed by atoms with Crippen LogP contribution in [0.2, 0.25) is 0 Å². The van der Waals surface area contributed by atoms with Crippen LogP contribution in [-0.4, -0.2) is 18.1 Å². The fourth-order valence-corrected chi connectivity index (χ4v) is 4.40. The lowest BCUT2D eigenvalue weighted by molar-refractivity contribution is 0.454. The molecule has 2 aromatic carbocycles. The molecule has 2 nitrogen and oxygen atoms in total. The van der Waals surface area contributed by atoms with Crippen LogP contribution in [0.3, 0.4) is 0 Å². The average Bonchev–Trinajstić information content (AvgIpc) is 3.07. The van der Waals surface area contributed by atoms with Crippen LogP contribution in [-0.2, 0) is 5.41 Å². The third-order valence-corrected chi connectivity index (χ3v) is 6.45. The first-order valence-corrected chi connectivity index (χ1v) is 9.19. The van der Waals surface area contributed by atoms with Crippen molar-refractivity contribution in [1.29, 1.82) is 0 Å². The van der Waals surface area contributed by atoms with Crippen LogP contribution in [0, 0.1) is 0 Å². The number of fused-ring (bicyclic) bond motifs is 2. The molecule has 1 aliphatic rings. The summed E-state index contributed by atoms with van der Waals surface area (Å²) in [7, 11) is 2.19. The normalized spacial score (nSPS) is 19.3. The number of hydrogen-bond acceptors (Lipinski definition) is 3. The summed E-state index contributed by atoms with van der Waals surface area (Å²) in [4.78, 5) is 7.06. The molecular formula is C21H22N2S. The van der Waals surface area contributed by atoms with E-state index in [-0.39, 0.29) is 5.41 Å². The number of benzene rings is 2. The van der Waals surface area contributed by atoms with E-state index in [1.807, 2.05) is 6.07 Å². The lowest BCUT2D eigenvalue weighted by atomic mass is 9.81. The molecule has 0 spiro atoms. The molecule has 0 amide bonds. The number of rotatable bonds is 2. The van der Waals surface area contributed by atoms with E-state index in [9.17, 15) is 0 Å². The Bertz CT molecular complexity index is 903. The van der Waals surface area contributed by atoms with Gasteiger partial charge in [0, 0.05) is 24.2 Å². The van der Waals surface area contributed by atoms with Crippen molar-refractivity contribution in [2.75, 3.05) is 11.9 Å². The maximum Gasteiger partial charge on any atom is 0.117 e. The van der Waals surface area contributed by atoms with Crippen LogP contribution in [0.25, 0.3) is 22.4 Å². The molecule has 0 N–H and O–H groups in total. The van der Waals surface area contributed by atoms with E-state index in [0.717, 1.165) is 10.5 Å². The van der Waals surface area contributed by atoms with Gasteiger partial charge in [0.05, 0.1) is 10.2 Å². The van der Waals surface area contributed by atoms with Gasteiger partial charge in [-0.2, -0.15) is 0 Å². The second kappa shape index (κ2) is 5.45. The van der Waals surface area contributed by atoms with Crippen molar-refractivity contribution in [2.45, 2.75) is 32.2 Å². The van der Waals surface area contributed by atoms with Crippen LogP contribution >= 0.6 is 11.3 Å². The van der Waals surface area contributed by atoms with Crippen molar-refractivity contribution >= 4 is 39.4 Å². The number of likely N-dealkylation sites (N-methyl/N-ethyl adjacent to an activating group) is 1. The molecule has 4 rings (SSSR count). The molecular weight excluding hydrogens is 312 g/mol. The molecule has 1 aromatic heterocycles. The number of anilines is 1. The highest BCUT2D eigenvalue weighted by molar-refractivity contribution is 7.19. The Labute approximate surface area is 147 Å². The summed E-state index contributed by atoms with van der Waals surface area (Å²) < 4.78 is 1.24. The molecule has 0 saturated heterocycles. The second-order valence-electron chi connectivity index (χ2n) is 7.14. The summed E-state index contributed by atoms with van der Waals surface area (Å²) >= 11 is 1.74. The van der Waals surface area contributed by atoms with E-state index < -0.39 is 0 Å². The Morgan fingerprint density at radius 1 is 1.12 bits per heavy atom. The summed E-state index contributed by atoms with van der Waals surface area (Å²) in [6, 6.07) is 15.6. The minimum atomic E-state index is 0.170. The third-order valence-electron chi connectivity index (χ3n) is 5.45. The van der Waals surface area contributed by atoms with Gasteiger partial charge in [0.15, 0.2) is 0 Å². The molecule has 1 unspecified atom stereocenters. The molecule has 122 valence electrons. The first kappa shape index (κ1) is 15.4. The Morgan fingerprint density at radius 2 is 1.92 bits per heavy atom. The maximum atomic E-state index is 4.68. The smallest absolute Gasteiger partial charge is 0.117 e. The Balaban J connectivity index is 1.68. The van der Waals surface area contributed by atoms with Crippen molar-refractivity contribution in [2.24, 2.45) is 0 Å². The van der Waals surface area contributed by atoms with Gasteiger partial charge in [-0.3, -0.25) is 0 Å². The highest BCUT2D eigenvalue weighted by atomic mass is 32.1. The van der Waals surface area contributed by atoms with Crippen molar-refractivity contribution < 1.29 is 0 Å². The molecule has 24 heavy (non-hydrogen) atoms. The number of aromatic nitrogens is 1. The van der Waals surface area contributed by atoms with Gasteiger partial charge in [-0.05, 0) is 48.4 Å². The van der Waals surface area contributed by atoms with E-state index in [1.165, 1.54) is 21.5 Å².